The Labute approximate surface area is 277 Å². The Morgan fingerprint density at radius 2 is 1.06 bits per heavy atom. The van der Waals surface area contributed by atoms with E-state index in [0.717, 1.165) is 11.4 Å². The molecule has 0 saturated carbocycles. The Morgan fingerprint density at radius 1 is 0.468 bits per heavy atom. The zero-order chi connectivity index (χ0) is 31.6. The molecule has 2 aliphatic rings. The largest absolute Gasteiger partial charge is 0.310 e. The molecule has 0 N–H and O–H groups in total. The molecule has 1 nitrogen and oxygen atoms in total. The van der Waals surface area contributed by atoms with E-state index < -0.39 is 0 Å². The van der Waals surface area contributed by atoms with E-state index in [2.05, 4.69) is 195 Å². The van der Waals surface area contributed by atoms with Crippen LogP contribution in [0.15, 0.2) is 170 Å². The smallest absolute Gasteiger partial charge is 0.0555 e. The Balaban J connectivity index is 1.30. The van der Waals surface area contributed by atoms with E-state index in [9.17, 15) is 0 Å². The van der Waals surface area contributed by atoms with Crippen molar-refractivity contribution >= 4 is 33.9 Å². The molecule has 0 unspecified atom stereocenters. The van der Waals surface area contributed by atoms with Crippen LogP contribution in [0.25, 0.3) is 39.1 Å². The van der Waals surface area contributed by atoms with Gasteiger partial charge in [0.25, 0.3) is 0 Å². The first kappa shape index (κ1) is 27.6. The van der Waals surface area contributed by atoms with Gasteiger partial charge in [-0.2, -0.15) is 0 Å². The van der Waals surface area contributed by atoms with Gasteiger partial charge in [0.2, 0.25) is 0 Å². The molecule has 0 saturated heterocycles. The molecular formula is C46H35N. The highest BCUT2D eigenvalue weighted by Crippen LogP contribution is 2.63. The van der Waals surface area contributed by atoms with Crippen LogP contribution in [-0.4, -0.2) is 0 Å². The number of benzene rings is 7. The van der Waals surface area contributed by atoms with Crippen molar-refractivity contribution in [3.05, 3.63) is 192 Å². The fourth-order valence-electron chi connectivity index (χ4n) is 8.41. The lowest BCUT2D eigenvalue weighted by Gasteiger charge is -2.48. The van der Waals surface area contributed by atoms with Crippen LogP contribution < -0.4 is 4.90 Å². The Bertz CT molecular complexity index is 2270. The van der Waals surface area contributed by atoms with Crippen LogP contribution in [0.3, 0.4) is 0 Å². The number of nitrogens with zero attached hydrogens (tertiary/aromatic N) is 1. The van der Waals surface area contributed by atoms with Crippen molar-refractivity contribution in [1.29, 1.82) is 0 Å². The average Bonchev–Trinajstić information content (AvgIpc) is 3.43. The lowest BCUT2D eigenvalue weighted by atomic mass is 9.54. The number of fused-ring (bicyclic) bond motifs is 8. The third-order valence-electron chi connectivity index (χ3n) is 10.5. The molecule has 7 aromatic rings. The van der Waals surface area contributed by atoms with Crippen LogP contribution in [0.5, 0.6) is 0 Å². The van der Waals surface area contributed by atoms with Gasteiger partial charge in [0.15, 0.2) is 0 Å². The highest BCUT2D eigenvalue weighted by atomic mass is 15.1. The lowest BCUT2D eigenvalue weighted by molar-refractivity contribution is 0.323. The fourth-order valence-corrected chi connectivity index (χ4v) is 8.41. The summed E-state index contributed by atoms with van der Waals surface area (Å²) in [5, 5.41) is 2.46. The maximum atomic E-state index is 2.48. The van der Waals surface area contributed by atoms with Gasteiger partial charge in [0.05, 0.1) is 11.1 Å². The molecule has 1 spiro atoms. The molecule has 0 bridgehead atoms. The highest BCUT2D eigenvalue weighted by Gasteiger charge is 2.55. The molecular weight excluding hydrogens is 567 g/mol. The third kappa shape index (κ3) is 4.03. The van der Waals surface area contributed by atoms with Crippen molar-refractivity contribution < 1.29 is 0 Å². The van der Waals surface area contributed by atoms with Gasteiger partial charge >= 0.3 is 0 Å². The molecule has 0 atom stereocenters. The number of allylic oxidation sites excluding steroid dienone is 1. The van der Waals surface area contributed by atoms with E-state index in [1.165, 1.54) is 61.0 Å². The van der Waals surface area contributed by atoms with Crippen molar-refractivity contribution in [3.8, 4) is 22.3 Å². The summed E-state index contributed by atoms with van der Waals surface area (Å²) < 4.78 is 0. The van der Waals surface area contributed by atoms with Crippen LogP contribution in [0.4, 0.5) is 17.1 Å². The van der Waals surface area contributed by atoms with Crippen LogP contribution in [0.1, 0.15) is 36.1 Å². The number of anilines is 3. The van der Waals surface area contributed by atoms with Gasteiger partial charge in [-0.1, -0.05) is 159 Å². The molecule has 0 aromatic heterocycles. The first-order chi connectivity index (χ1) is 23.1. The normalized spacial score (nSPS) is 14.9. The van der Waals surface area contributed by atoms with Crippen molar-refractivity contribution in [2.75, 3.05) is 4.90 Å². The molecule has 0 radical (unpaired) electrons. The Hall–Kier alpha value is -5.66. The number of hydrogen-bond acceptors (Lipinski definition) is 1. The summed E-state index contributed by atoms with van der Waals surface area (Å²) in [6.07, 6.45) is 4.77. The predicted octanol–water partition coefficient (Wildman–Crippen LogP) is 12.3. The molecule has 7 aromatic carbocycles. The van der Waals surface area contributed by atoms with Gasteiger partial charge < -0.3 is 4.90 Å². The summed E-state index contributed by atoms with van der Waals surface area (Å²) in [5.74, 6) is 0. The maximum Gasteiger partial charge on any atom is 0.0555 e. The van der Waals surface area contributed by atoms with E-state index in [4.69, 9.17) is 0 Å². The van der Waals surface area contributed by atoms with Gasteiger partial charge in [-0.3, -0.25) is 0 Å². The summed E-state index contributed by atoms with van der Waals surface area (Å²) in [5.41, 5.74) is 13.5. The second-order valence-electron chi connectivity index (χ2n) is 13.4. The summed E-state index contributed by atoms with van der Waals surface area (Å²) in [6.45, 7) is 4.81. The highest BCUT2D eigenvalue weighted by molar-refractivity contribution is 5.99. The van der Waals surface area contributed by atoms with E-state index in [-0.39, 0.29) is 10.8 Å². The lowest BCUT2D eigenvalue weighted by Crippen LogP contribution is -2.43. The maximum absolute atomic E-state index is 2.48. The Morgan fingerprint density at radius 3 is 1.81 bits per heavy atom. The molecule has 9 rings (SSSR count). The van der Waals surface area contributed by atoms with E-state index >= 15 is 0 Å². The van der Waals surface area contributed by atoms with Gasteiger partial charge in [-0.05, 0) is 80.2 Å². The Kier molecular flexibility index (Phi) is 6.14. The molecule has 0 heterocycles. The number of rotatable bonds is 4. The monoisotopic (exact) mass is 601 g/mol. The van der Waals surface area contributed by atoms with Gasteiger partial charge in [-0.15, -0.1) is 0 Å². The van der Waals surface area contributed by atoms with Crippen molar-refractivity contribution in [1.82, 2.24) is 0 Å². The minimum atomic E-state index is -0.331. The quantitative estimate of drug-likeness (QED) is 0.194. The summed E-state index contributed by atoms with van der Waals surface area (Å²) in [6, 6.07) is 60.2. The molecule has 2 aliphatic carbocycles. The first-order valence-corrected chi connectivity index (χ1v) is 16.5. The van der Waals surface area contributed by atoms with E-state index in [1.807, 2.05) is 0 Å². The van der Waals surface area contributed by atoms with E-state index in [0.29, 0.717) is 0 Å². The van der Waals surface area contributed by atoms with Crippen molar-refractivity contribution in [3.63, 3.8) is 0 Å². The minimum absolute atomic E-state index is 0.164. The zero-order valence-corrected chi connectivity index (χ0v) is 26.7. The second-order valence-corrected chi connectivity index (χ2v) is 13.4. The minimum Gasteiger partial charge on any atom is -0.310 e. The molecule has 47 heavy (non-hydrogen) atoms. The topological polar surface area (TPSA) is 3.24 Å². The van der Waals surface area contributed by atoms with Crippen LogP contribution >= 0.6 is 0 Å². The fraction of sp³-hybridized carbons (Fsp3) is 0.0870. The van der Waals surface area contributed by atoms with Gasteiger partial charge in [0.1, 0.15) is 0 Å². The van der Waals surface area contributed by atoms with Crippen molar-refractivity contribution in [2.45, 2.75) is 19.3 Å². The first-order valence-electron chi connectivity index (χ1n) is 16.5. The SMILES string of the molecule is CC1(C)C=Cc2ccc(N(c3ccc(-c4ccccc4)cc3)c3cccc4ccccc34)cc2C12c1ccccc1-c1ccccc12. The van der Waals surface area contributed by atoms with Crippen molar-refractivity contribution in [2.24, 2.45) is 5.41 Å². The molecule has 0 aliphatic heterocycles. The summed E-state index contributed by atoms with van der Waals surface area (Å²) in [7, 11) is 0. The predicted molar refractivity (Wildman–Crippen MR) is 199 cm³/mol. The van der Waals surface area contributed by atoms with Gasteiger partial charge in [0, 0.05) is 22.2 Å². The molecule has 224 valence electrons. The summed E-state index contributed by atoms with van der Waals surface area (Å²) in [4.78, 5) is 2.45. The average molecular weight is 602 g/mol. The molecule has 0 fully saturated rings. The van der Waals surface area contributed by atoms with E-state index in [1.54, 1.807) is 0 Å². The zero-order valence-electron chi connectivity index (χ0n) is 26.7. The molecule has 0 amide bonds. The second kappa shape index (κ2) is 10.4. The van der Waals surface area contributed by atoms with Gasteiger partial charge in [-0.25, -0.2) is 0 Å². The standard InChI is InChI=1S/C46H35N/c1-45(2)30-29-35-25-28-37(31-43(35)46(45)41-20-10-8-18-39(41)40-19-9-11-21-42(40)46)47(44-22-12-16-34-15-6-7-17-38(34)44)36-26-23-33(24-27-36)32-13-4-3-5-14-32/h3-31H,1-2H3. The van der Waals surface area contributed by atoms with Crippen LogP contribution in [0.2, 0.25) is 0 Å². The van der Waals surface area contributed by atoms with Crippen LogP contribution in [0, 0.1) is 5.41 Å². The van der Waals surface area contributed by atoms with Crippen LogP contribution in [-0.2, 0) is 5.41 Å². The summed E-state index contributed by atoms with van der Waals surface area (Å²) >= 11 is 0. The molecule has 1 heteroatoms. The third-order valence-corrected chi connectivity index (χ3v) is 10.5. The number of hydrogen-bond donors (Lipinski definition) is 0.